The van der Waals surface area contributed by atoms with Crippen LogP contribution in [0.3, 0.4) is 0 Å². The number of alkyl halides is 1. The lowest BCUT2D eigenvalue weighted by molar-refractivity contribution is 0.435. The van der Waals surface area contributed by atoms with E-state index in [-0.39, 0.29) is 5.41 Å². The predicted octanol–water partition coefficient (Wildman–Crippen LogP) is 2.27. The average molecular weight is 131 g/mol. The van der Waals surface area contributed by atoms with Crippen LogP contribution in [-0.2, 0) is 0 Å². The molecule has 0 aliphatic heterocycles. The van der Waals surface area contributed by atoms with E-state index in [4.69, 9.17) is 18.0 Å². The summed E-state index contributed by atoms with van der Waals surface area (Å²) in [7, 11) is 0. The second kappa shape index (κ2) is 2.99. The fourth-order valence-electron chi connectivity index (χ4n) is 0.324. The normalized spacial score (nSPS) is 10.8. The zero-order valence-electron chi connectivity index (χ0n) is 5.37. The molecule has 0 fully saturated rings. The highest BCUT2D eigenvalue weighted by atomic mass is 35.5. The lowest BCUT2D eigenvalue weighted by atomic mass is 9.93. The van der Waals surface area contributed by atoms with Crippen LogP contribution in [0.25, 0.3) is 0 Å². The highest BCUT2D eigenvalue weighted by molar-refractivity contribution is 6.18. The summed E-state index contributed by atoms with van der Waals surface area (Å²) < 4.78 is 0. The van der Waals surface area contributed by atoms with Crippen LogP contribution in [0.5, 0.6) is 0 Å². The molecule has 0 amide bonds. The van der Waals surface area contributed by atoms with E-state index in [1.54, 1.807) is 0 Å². The zero-order valence-corrected chi connectivity index (χ0v) is 6.13. The molecule has 0 heterocycles. The first kappa shape index (κ1) is 7.85. The third kappa shape index (κ3) is 2.93. The molecule has 1 heteroatoms. The van der Waals surface area contributed by atoms with Crippen molar-refractivity contribution in [3.63, 3.8) is 0 Å². The van der Waals surface area contributed by atoms with E-state index in [1.165, 1.54) is 0 Å². The molecule has 0 aliphatic rings. The SMILES string of the molecule is C#CCC(C)(C)CCl. The summed E-state index contributed by atoms with van der Waals surface area (Å²) in [6, 6.07) is 0. The molecule has 0 spiro atoms. The number of halogens is 1. The number of terminal acetylenes is 1. The van der Waals surface area contributed by atoms with Gasteiger partial charge in [0.2, 0.25) is 0 Å². The van der Waals surface area contributed by atoms with Crippen molar-refractivity contribution in [2.24, 2.45) is 5.41 Å². The minimum absolute atomic E-state index is 0.121. The molecular weight excluding hydrogens is 120 g/mol. The van der Waals surface area contributed by atoms with Crippen LogP contribution in [0.1, 0.15) is 20.3 Å². The Labute approximate surface area is 56.2 Å². The molecule has 8 heavy (non-hydrogen) atoms. The quantitative estimate of drug-likeness (QED) is 0.398. The van der Waals surface area contributed by atoms with Crippen molar-refractivity contribution in [2.45, 2.75) is 20.3 Å². The van der Waals surface area contributed by atoms with Crippen LogP contribution < -0.4 is 0 Å². The zero-order chi connectivity index (χ0) is 6.62. The van der Waals surface area contributed by atoms with Gasteiger partial charge in [0, 0.05) is 12.3 Å². The Balaban J connectivity index is 3.58. The Bertz CT molecular complexity index is 97.4. The van der Waals surface area contributed by atoms with Gasteiger partial charge in [-0.05, 0) is 5.41 Å². The summed E-state index contributed by atoms with van der Waals surface area (Å²) >= 11 is 5.58. The Hall–Kier alpha value is -0.150. The maximum atomic E-state index is 5.58. The van der Waals surface area contributed by atoms with Gasteiger partial charge in [-0.25, -0.2) is 0 Å². The molecular formula is C7H11Cl. The topological polar surface area (TPSA) is 0 Å². The van der Waals surface area contributed by atoms with Crippen molar-refractivity contribution in [3.8, 4) is 12.3 Å². The van der Waals surface area contributed by atoms with E-state index in [0.29, 0.717) is 5.88 Å². The van der Waals surface area contributed by atoms with Crippen LogP contribution in [0.4, 0.5) is 0 Å². The van der Waals surface area contributed by atoms with Crippen LogP contribution in [0, 0.1) is 17.8 Å². The van der Waals surface area contributed by atoms with E-state index in [9.17, 15) is 0 Å². The van der Waals surface area contributed by atoms with Gasteiger partial charge in [0.15, 0.2) is 0 Å². The lowest BCUT2D eigenvalue weighted by Gasteiger charge is -2.16. The molecule has 0 atom stereocenters. The van der Waals surface area contributed by atoms with Gasteiger partial charge in [-0.1, -0.05) is 13.8 Å². The third-order valence-corrected chi connectivity index (χ3v) is 1.67. The smallest absolute Gasteiger partial charge is 0.0283 e. The average Bonchev–Trinajstić information content (AvgIpc) is 1.67. The highest BCUT2D eigenvalue weighted by Gasteiger charge is 2.13. The molecule has 0 aliphatic carbocycles. The Morgan fingerprint density at radius 3 is 2.25 bits per heavy atom. The maximum Gasteiger partial charge on any atom is 0.0283 e. The molecule has 0 saturated heterocycles. The molecule has 0 rings (SSSR count). The standard InChI is InChI=1S/C7H11Cl/c1-4-5-7(2,3)6-8/h1H,5-6H2,2-3H3. The van der Waals surface area contributed by atoms with Crippen molar-refractivity contribution in [1.82, 2.24) is 0 Å². The van der Waals surface area contributed by atoms with E-state index < -0.39 is 0 Å². The molecule has 0 aromatic rings. The lowest BCUT2D eigenvalue weighted by Crippen LogP contribution is -2.11. The van der Waals surface area contributed by atoms with Crippen molar-refractivity contribution in [3.05, 3.63) is 0 Å². The summed E-state index contributed by atoms with van der Waals surface area (Å²) in [6.45, 7) is 4.11. The Morgan fingerprint density at radius 2 is 2.12 bits per heavy atom. The molecule has 0 N–H and O–H groups in total. The second-order valence-electron chi connectivity index (χ2n) is 2.68. The van der Waals surface area contributed by atoms with E-state index >= 15 is 0 Å². The van der Waals surface area contributed by atoms with Crippen LogP contribution in [0.2, 0.25) is 0 Å². The van der Waals surface area contributed by atoms with Gasteiger partial charge in [0.05, 0.1) is 0 Å². The molecule has 0 aromatic carbocycles. The first-order chi connectivity index (χ1) is 3.62. The Kier molecular flexibility index (Phi) is 2.94. The van der Waals surface area contributed by atoms with Crippen molar-refractivity contribution in [1.29, 1.82) is 0 Å². The predicted molar refractivity (Wildman–Crippen MR) is 38.0 cm³/mol. The molecule has 0 radical (unpaired) electrons. The summed E-state index contributed by atoms with van der Waals surface area (Å²) in [5.41, 5.74) is 0.121. The van der Waals surface area contributed by atoms with Gasteiger partial charge in [-0.2, -0.15) is 0 Å². The molecule has 0 saturated carbocycles. The first-order valence-corrected chi connectivity index (χ1v) is 3.15. The van der Waals surface area contributed by atoms with Gasteiger partial charge in [0.1, 0.15) is 0 Å². The number of hydrogen-bond donors (Lipinski definition) is 0. The molecule has 0 bridgehead atoms. The monoisotopic (exact) mass is 130 g/mol. The summed E-state index contributed by atoms with van der Waals surface area (Å²) in [5, 5.41) is 0. The highest BCUT2D eigenvalue weighted by Crippen LogP contribution is 2.20. The van der Waals surface area contributed by atoms with E-state index in [0.717, 1.165) is 6.42 Å². The van der Waals surface area contributed by atoms with Crippen molar-refractivity contribution >= 4 is 11.6 Å². The van der Waals surface area contributed by atoms with Crippen molar-refractivity contribution < 1.29 is 0 Å². The fourth-order valence-corrected chi connectivity index (χ4v) is 0.418. The molecule has 0 nitrogen and oxygen atoms in total. The fraction of sp³-hybridized carbons (Fsp3) is 0.714. The molecule has 46 valence electrons. The van der Waals surface area contributed by atoms with Gasteiger partial charge >= 0.3 is 0 Å². The van der Waals surface area contributed by atoms with E-state index in [2.05, 4.69) is 19.8 Å². The summed E-state index contributed by atoms with van der Waals surface area (Å²) in [5.74, 6) is 3.21. The van der Waals surface area contributed by atoms with Gasteiger partial charge in [-0.3, -0.25) is 0 Å². The largest absolute Gasteiger partial charge is 0.126 e. The first-order valence-electron chi connectivity index (χ1n) is 2.62. The number of hydrogen-bond acceptors (Lipinski definition) is 0. The minimum atomic E-state index is 0.121. The van der Waals surface area contributed by atoms with Crippen LogP contribution >= 0.6 is 11.6 Å². The Morgan fingerprint density at radius 1 is 1.62 bits per heavy atom. The summed E-state index contributed by atoms with van der Waals surface area (Å²) in [4.78, 5) is 0. The maximum absolute atomic E-state index is 5.58. The van der Waals surface area contributed by atoms with Crippen LogP contribution in [0.15, 0.2) is 0 Å². The number of rotatable bonds is 2. The van der Waals surface area contributed by atoms with Gasteiger partial charge in [-0.15, -0.1) is 23.9 Å². The molecule has 0 aromatic heterocycles. The van der Waals surface area contributed by atoms with Crippen molar-refractivity contribution in [2.75, 3.05) is 5.88 Å². The van der Waals surface area contributed by atoms with Gasteiger partial charge < -0.3 is 0 Å². The molecule has 0 unspecified atom stereocenters. The van der Waals surface area contributed by atoms with Crippen LogP contribution in [-0.4, -0.2) is 5.88 Å². The minimum Gasteiger partial charge on any atom is -0.126 e. The second-order valence-corrected chi connectivity index (χ2v) is 2.95. The summed E-state index contributed by atoms with van der Waals surface area (Å²) in [6.07, 6.45) is 5.84. The third-order valence-electron chi connectivity index (χ3n) is 0.942. The van der Waals surface area contributed by atoms with E-state index in [1.807, 2.05) is 0 Å². The van der Waals surface area contributed by atoms with Gasteiger partial charge in [0.25, 0.3) is 0 Å².